The molecular weight excluding hydrogens is 384 g/mol. The zero-order valence-electron chi connectivity index (χ0n) is 18.9. The Balaban J connectivity index is 1.86. The maximum atomic E-state index is 12.2. The molecule has 1 aliphatic carbocycles. The summed E-state index contributed by atoms with van der Waals surface area (Å²) in [5, 5.41) is 1.11. The minimum atomic E-state index is -0.0839. The summed E-state index contributed by atoms with van der Waals surface area (Å²) in [4.78, 5) is 17.2. The van der Waals surface area contributed by atoms with Crippen LogP contribution in [0.25, 0.3) is 22.0 Å². The second-order valence-electron chi connectivity index (χ2n) is 9.06. The molecule has 4 heteroatoms. The molecule has 2 aromatic carbocycles. The molecule has 2 atom stereocenters. The molecule has 1 aromatic heterocycles. The molecule has 162 valence electrons. The van der Waals surface area contributed by atoms with Gasteiger partial charge in [0.25, 0.3) is 0 Å². The van der Waals surface area contributed by atoms with Crippen LogP contribution in [0.3, 0.4) is 0 Å². The first-order chi connectivity index (χ1) is 14.9. The number of ether oxygens (including phenoxy) is 1. The summed E-state index contributed by atoms with van der Waals surface area (Å²) < 4.78 is 5.23. The number of esters is 1. The highest BCUT2D eigenvalue weighted by Gasteiger charge is 2.45. The Labute approximate surface area is 184 Å². The molecular formula is C27H32N2O2. The summed E-state index contributed by atoms with van der Waals surface area (Å²) in [6.45, 7) is 9.26. The van der Waals surface area contributed by atoms with Gasteiger partial charge >= 0.3 is 5.97 Å². The van der Waals surface area contributed by atoms with Gasteiger partial charge in [0.1, 0.15) is 0 Å². The van der Waals surface area contributed by atoms with Gasteiger partial charge in [-0.3, -0.25) is 9.78 Å². The van der Waals surface area contributed by atoms with Crippen molar-refractivity contribution in [3.05, 3.63) is 64.8 Å². The molecule has 0 radical (unpaired) electrons. The number of hydrogen-bond donors (Lipinski definition) is 1. The molecule has 1 aliphatic rings. The minimum absolute atomic E-state index is 0.0256. The summed E-state index contributed by atoms with van der Waals surface area (Å²) in [5.41, 5.74) is 14.2. The van der Waals surface area contributed by atoms with Gasteiger partial charge in [0.2, 0.25) is 0 Å². The molecule has 0 amide bonds. The van der Waals surface area contributed by atoms with E-state index in [2.05, 4.69) is 63.2 Å². The Morgan fingerprint density at radius 3 is 2.58 bits per heavy atom. The number of nitrogens with two attached hydrogens (primary N) is 1. The van der Waals surface area contributed by atoms with Gasteiger partial charge in [-0.25, -0.2) is 0 Å². The summed E-state index contributed by atoms with van der Waals surface area (Å²) >= 11 is 0. The summed E-state index contributed by atoms with van der Waals surface area (Å²) in [6, 6.07) is 15.1. The lowest BCUT2D eigenvalue weighted by Crippen LogP contribution is -2.10. The Hall–Kier alpha value is -2.72. The number of aromatic nitrogens is 1. The Morgan fingerprint density at radius 1 is 1.19 bits per heavy atom. The maximum Gasteiger partial charge on any atom is 0.309 e. The van der Waals surface area contributed by atoms with Crippen molar-refractivity contribution in [3.63, 3.8) is 0 Å². The first-order valence-corrected chi connectivity index (χ1v) is 11.3. The zero-order chi connectivity index (χ0) is 22.1. The van der Waals surface area contributed by atoms with Crippen LogP contribution in [-0.4, -0.2) is 17.6 Å². The van der Waals surface area contributed by atoms with Crippen molar-refractivity contribution in [1.29, 1.82) is 0 Å². The number of pyridine rings is 1. The van der Waals surface area contributed by atoms with E-state index in [0.29, 0.717) is 19.1 Å². The number of aryl methyl sites for hydroxylation is 1. The van der Waals surface area contributed by atoms with Crippen LogP contribution in [0, 0.1) is 18.8 Å². The quantitative estimate of drug-likeness (QED) is 0.514. The van der Waals surface area contributed by atoms with Crippen LogP contribution in [0.1, 0.15) is 55.5 Å². The standard InChI is InChI=1S/C27H32N2O2/c1-5-31-27(30)21-14-20(21)19-10-11-24-22(13-19)26(18-8-6-17(4)7-9-18)23(15-28)25(29-24)12-16(2)3/h6-11,13,16,20-21H,5,12,14-15,28H2,1-4H3. The van der Waals surface area contributed by atoms with Crippen LogP contribution >= 0.6 is 0 Å². The third-order valence-corrected chi connectivity index (χ3v) is 6.15. The molecule has 0 spiro atoms. The minimum Gasteiger partial charge on any atom is -0.466 e. The van der Waals surface area contributed by atoms with E-state index in [-0.39, 0.29) is 17.8 Å². The first kappa shape index (κ1) is 21.5. The molecule has 2 N–H and O–H groups in total. The number of carbonyl (C=O) groups excluding carboxylic acids is 1. The Bertz CT molecular complexity index is 1100. The lowest BCUT2D eigenvalue weighted by molar-refractivity contribution is -0.144. The van der Waals surface area contributed by atoms with Gasteiger partial charge in [0, 0.05) is 17.6 Å². The monoisotopic (exact) mass is 416 g/mol. The number of hydrogen-bond acceptors (Lipinski definition) is 4. The highest BCUT2D eigenvalue weighted by molar-refractivity contribution is 5.97. The average molecular weight is 417 g/mol. The van der Waals surface area contributed by atoms with Gasteiger partial charge in [-0.1, -0.05) is 49.7 Å². The van der Waals surface area contributed by atoms with Crippen LogP contribution in [0.4, 0.5) is 0 Å². The second-order valence-corrected chi connectivity index (χ2v) is 9.06. The van der Waals surface area contributed by atoms with E-state index in [9.17, 15) is 4.79 Å². The van der Waals surface area contributed by atoms with Crippen molar-refractivity contribution in [3.8, 4) is 11.1 Å². The van der Waals surface area contributed by atoms with E-state index < -0.39 is 0 Å². The Morgan fingerprint density at radius 2 is 1.94 bits per heavy atom. The molecule has 1 heterocycles. The fraction of sp³-hybridized carbons (Fsp3) is 0.407. The molecule has 1 fully saturated rings. The molecule has 4 rings (SSSR count). The molecule has 3 aromatic rings. The van der Waals surface area contributed by atoms with Crippen LogP contribution in [0.2, 0.25) is 0 Å². The van der Waals surface area contributed by atoms with E-state index >= 15 is 0 Å². The SMILES string of the molecule is CCOC(=O)C1CC1c1ccc2nc(CC(C)C)c(CN)c(-c3ccc(C)cc3)c2c1. The molecule has 4 nitrogen and oxygen atoms in total. The number of carbonyl (C=O) groups is 1. The van der Waals surface area contributed by atoms with Crippen LogP contribution in [-0.2, 0) is 22.5 Å². The lowest BCUT2D eigenvalue weighted by Gasteiger charge is -2.18. The van der Waals surface area contributed by atoms with Crippen LogP contribution in [0.15, 0.2) is 42.5 Å². The molecule has 1 saturated carbocycles. The van der Waals surface area contributed by atoms with Gasteiger partial charge < -0.3 is 10.5 Å². The van der Waals surface area contributed by atoms with Crippen molar-refractivity contribution in [2.75, 3.05) is 6.61 Å². The van der Waals surface area contributed by atoms with Gasteiger partial charge in [0.15, 0.2) is 0 Å². The number of fused-ring (bicyclic) bond motifs is 1. The van der Waals surface area contributed by atoms with Crippen molar-refractivity contribution in [2.45, 2.75) is 53.0 Å². The number of benzene rings is 2. The Kier molecular flexibility index (Phi) is 6.10. The van der Waals surface area contributed by atoms with Gasteiger partial charge in [-0.15, -0.1) is 0 Å². The average Bonchev–Trinajstić information content (AvgIpc) is 3.54. The summed E-state index contributed by atoms with van der Waals surface area (Å²) in [7, 11) is 0. The maximum absolute atomic E-state index is 12.2. The van der Waals surface area contributed by atoms with Gasteiger partial charge in [-0.2, -0.15) is 0 Å². The van der Waals surface area contributed by atoms with E-state index in [0.717, 1.165) is 35.0 Å². The summed E-state index contributed by atoms with van der Waals surface area (Å²) in [5.74, 6) is 0.616. The van der Waals surface area contributed by atoms with Crippen molar-refractivity contribution < 1.29 is 9.53 Å². The van der Waals surface area contributed by atoms with E-state index in [1.54, 1.807) is 0 Å². The fourth-order valence-electron chi connectivity index (χ4n) is 4.50. The van der Waals surface area contributed by atoms with E-state index in [1.807, 2.05) is 6.92 Å². The third kappa shape index (κ3) is 4.35. The summed E-state index contributed by atoms with van der Waals surface area (Å²) in [6.07, 6.45) is 1.75. The highest BCUT2D eigenvalue weighted by Crippen LogP contribution is 2.49. The molecule has 2 unspecified atom stereocenters. The topological polar surface area (TPSA) is 65.2 Å². The number of nitrogens with zero attached hydrogens (tertiary/aromatic N) is 1. The predicted octanol–water partition coefficient (Wildman–Crippen LogP) is 5.53. The fourth-order valence-corrected chi connectivity index (χ4v) is 4.50. The van der Waals surface area contributed by atoms with Gasteiger partial charge in [-0.05, 0) is 72.9 Å². The van der Waals surface area contributed by atoms with Crippen LogP contribution in [0.5, 0.6) is 0 Å². The van der Waals surface area contributed by atoms with Crippen molar-refractivity contribution in [2.24, 2.45) is 17.6 Å². The second kappa shape index (κ2) is 8.80. The van der Waals surface area contributed by atoms with E-state index in [1.165, 1.54) is 22.3 Å². The number of rotatable bonds is 7. The normalized spacial score (nSPS) is 17.9. The van der Waals surface area contributed by atoms with E-state index in [4.69, 9.17) is 15.5 Å². The lowest BCUT2D eigenvalue weighted by atomic mass is 9.90. The third-order valence-electron chi connectivity index (χ3n) is 6.15. The zero-order valence-corrected chi connectivity index (χ0v) is 18.9. The first-order valence-electron chi connectivity index (χ1n) is 11.3. The van der Waals surface area contributed by atoms with Gasteiger partial charge in [0.05, 0.1) is 18.0 Å². The van der Waals surface area contributed by atoms with Crippen molar-refractivity contribution >= 4 is 16.9 Å². The molecule has 0 saturated heterocycles. The molecule has 0 aliphatic heterocycles. The predicted molar refractivity (Wildman–Crippen MR) is 126 cm³/mol. The van der Waals surface area contributed by atoms with Crippen molar-refractivity contribution in [1.82, 2.24) is 4.98 Å². The molecule has 31 heavy (non-hydrogen) atoms. The smallest absolute Gasteiger partial charge is 0.309 e. The largest absolute Gasteiger partial charge is 0.466 e. The molecule has 0 bridgehead atoms. The van der Waals surface area contributed by atoms with Crippen LogP contribution < -0.4 is 5.73 Å². The highest BCUT2D eigenvalue weighted by atomic mass is 16.5.